The van der Waals surface area contributed by atoms with E-state index in [1.165, 1.54) is 0 Å². The van der Waals surface area contributed by atoms with E-state index in [1.54, 1.807) is 6.08 Å². The van der Waals surface area contributed by atoms with E-state index in [2.05, 4.69) is 5.32 Å². The molecule has 2 aliphatic rings. The number of ether oxygens (including phenoxy) is 1. The largest absolute Gasteiger partial charge is 0.465 e. The quantitative estimate of drug-likeness (QED) is 0.748. The van der Waals surface area contributed by atoms with Crippen LogP contribution in [-0.4, -0.2) is 31.4 Å². The first kappa shape index (κ1) is 13.0. The van der Waals surface area contributed by atoms with Crippen LogP contribution < -0.4 is 5.32 Å². The van der Waals surface area contributed by atoms with Crippen molar-refractivity contribution in [2.45, 2.75) is 25.7 Å². The molecule has 1 N–H and O–H groups in total. The summed E-state index contributed by atoms with van der Waals surface area (Å²) in [4.78, 5) is 23.0. The van der Waals surface area contributed by atoms with Gasteiger partial charge in [-0.15, -0.1) is 0 Å². The van der Waals surface area contributed by atoms with Crippen molar-refractivity contribution >= 4 is 11.8 Å². The zero-order chi connectivity index (χ0) is 12.8. The van der Waals surface area contributed by atoms with Crippen molar-refractivity contribution in [3.63, 3.8) is 0 Å². The highest BCUT2D eigenvalue weighted by atomic mass is 16.5. The molecule has 0 radical (unpaired) electrons. The smallest absolute Gasteiger partial charge is 0.306 e. The van der Waals surface area contributed by atoms with Crippen LogP contribution in [-0.2, 0) is 14.3 Å². The van der Waals surface area contributed by atoms with E-state index in [1.807, 2.05) is 12.2 Å². The van der Waals surface area contributed by atoms with Gasteiger partial charge in [-0.3, -0.25) is 9.59 Å². The minimum atomic E-state index is -0.150. The van der Waals surface area contributed by atoms with Gasteiger partial charge in [0.25, 0.3) is 0 Å². The van der Waals surface area contributed by atoms with Gasteiger partial charge in [0.15, 0.2) is 5.78 Å². The lowest BCUT2D eigenvalue weighted by atomic mass is 10.0. The van der Waals surface area contributed by atoms with E-state index in [0.29, 0.717) is 31.8 Å². The number of carbonyl (C=O) groups excluding carboxylic acids is 2. The van der Waals surface area contributed by atoms with Crippen LogP contribution in [0.2, 0.25) is 0 Å². The summed E-state index contributed by atoms with van der Waals surface area (Å²) in [5, 5.41) is 3.22. The molecule has 98 valence electrons. The molecule has 1 aliphatic heterocycles. The van der Waals surface area contributed by atoms with Gasteiger partial charge < -0.3 is 10.1 Å². The highest BCUT2D eigenvalue weighted by molar-refractivity contribution is 5.97. The predicted octanol–water partition coefficient (Wildman–Crippen LogP) is 1.37. The van der Waals surface area contributed by atoms with Crippen LogP contribution >= 0.6 is 0 Å². The molecule has 1 heterocycles. The summed E-state index contributed by atoms with van der Waals surface area (Å²) in [6.45, 7) is 2.21. The molecule has 1 fully saturated rings. The Kier molecular flexibility index (Phi) is 4.70. The maximum Gasteiger partial charge on any atom is 0.306 e. The fourth-order valence-corrected chi connectivity index (χ4v) is 2.26. The first-order valence-electron chi connectivity index (χ1n) is 6.51. The molecule has 0 aromatic carbocycles. The van der Waals surface area contributed by atoms with E-state index in [-0.39, 0.29) is 11.8 Å². The second kappa shape index (κ2) is 6.50. The van der Waals surface area contributed by atoms with Crippen molar-refractivity contribution in [2.24, 2.45) is 5.92 Å². The van der Waals surface area contributed by atoms with Gasteiger partial charge in [0.05, 0.1) is 6.61 Å². The lowest BCUT2D eigenvalue weighted by Crippen LogP contribution is -2.16. The summed E-state index contributed by atoms with van der Waals surface area (Å²) >= 11 is 0. The second-order valence-electron chi connectivity index (χ2n) is 4.78. The fourth-order valence-electron chi connectivity index (χ4n) is 2.26. The van der Waals surface area contributed by atoms with Gasteiger partial charge in [-0.2, -0.15) is 0 Å². The summed E-state index contributed by atoms with van der Waals surface area (Å²) in [6, 6.07) is 0. The van der Waals surface area contributed by atoms with Crippen LogP contribution in [0.4, 0.5) is 0 Å². The molecule has 1 saturated heterocycles. The Morgan fingerprint density at radius 2 is 2.39 bits per heavy atom. The van der Waals surface area contributed by atoms with Crippen molar-refractivity contribution < 1.29 is 14.3 Å². The molecule has 0 saturated carbocycles. The summed E-state index contributed by atoms with van der Waals surface area (Å²) in [6.07, 6.45) is 8.04. The van der Waals surface area contributed by atoms with Crippen LogP contribution in [0.3, 0.4) is 0 Å². The van der Waals surface area contributed by atoms with Crippen LogP contribution in [0.15, 0.2) is 23.8 Å². The van der Waals surface area contributed by atoms with Crippen molar-refractivity contribution in [3.8, 4) is 0 Å². The monoisotopic (exact) mass is 249 g/mol. The van der Waals surface area contributed by atoms with Crippen molar-refractivity contribution in [3.05, 3.63) is 23.8 Å². The van der Waals surface area contributed by atoms with Crippen molar-refractivity contribution in [1.29, 1.82) is 0 Å². The number of nitrogens with one attached hydrogen (secondary N) is 1. The molecule has 0 bridgehead atoms. The molecule has 1 unspecified atom stereocenters. The third kappa shape index (κ3) is 3.81. The molecule has 4 nitrogen and oxygen atoms in total. The number of carbonyl (C=O) groups is 2. The Morgan fingerprint density at radius 3 is 3.11 bits per heavy atom. The molecule has 18 heavy (non-hydrogen) atoms. The molecular formula is C14H19NO3. The number of allylic oxidation sites excluding steroid dienone is 3. The standard InChI is InChI=1S/C14H19NO3/c16-13-4-2-1-3-12(13)6-8-18-14(17)9-11-5-7-15-10-11/h1-3,11,15H,4-10H2. The number of esters is 1. The summed E-state index contributed by atoms with van der Waals surface area (Å²) in [5.74, 6) is 0.396. The Labute approximate surface area is 107 Å². The number of ketones is 1. The maximum atomic E-state index is 11.6. The van der Waals surface area contributed by atoms with E-state index in [0.717, 1.165) is 25.1 Å². The van der Waals surface area contributed by atoms with E-state index >= 15 is 0 Å². The van der Waals surface area contributed by atoms with Gasteiger partial charge in [-0.1, -0.05) is 18.2 Å². The van der Waals surface area contributed by atoms with Gasteiger partial charge in [-0.05, 0) is 31.0 Å². The number of Topliss-reactive ketones (excluding diaryl/α,β-unsaturated/α-hetero) is 1. The Hall–Kier alpha value is -1.42. The highest BCUT2D eigenvalue weighted by Gasteiger charge is 2.19. The molecule has 2 rings (SSSR count). The molecule has 4 heteroatoms. The minimum Gasteiger partial charge on any atom is -0.465 e. The molecule has 0 amide bonds. The van der Waals surface area contributed by atoms with Gasteiger partial charge >= 0.3 is 5.97 Å². The first-order valence-corrected chi connectivity index (χ1v) is 6.51. The highest BCUT2D eigenvalue weighted by Crippen LogP contribution is 2.14. The van der Waals surface area contributed by atoms with E-state index in [9.17, 15) is 9.59 Å². The lowest BCUT2D eigenvalue weighted by Gasteiger charge is -2.10. The third-order valence-electron chi connectivity index (χ3n) is 3.35. The minimum absolute atomic E-state index is 0.133. The number of hydrogen-bond acceptors (Lipinski definition) is 4. The van der Waals surface area contributed by atoms with E-state index in [4.69, 9.17) is 4.74 Å². The zero-order valence-corrected chi connectivity index (χ0v) is 10.5. The number of hydrogen-bond donors (Lipinski definition) is 1. The zero-order valence-electron chi connectivity index (χ0n) is 10.5. The van der Waals surface area contributed by atoms with Crippen LogP contribution in [0.25, 0.3) is 0 Å². The van der Waals surface area contributed by atoms with Crippen LogP contribution in [0.1, 0.15) is 25.7 Å². The molecule has 1 aliphatic carbocycles. The van der Waals surface area contributed by atoms with Gasteiger partial charge in [-0.25, -0.2) is 0 Å². The average Bonchev–Trinajstić information content (AvgIpc) is 2.84. The van der Waals surface area contributed by atoms with Gasteiger partial charge in [0.1, 0.15) is 0 Å². The Bertz CT molecular complexity index is 379. The topological polar surface area (TPSA) is 55.4 Å². The second-order valence-corrected chi connectivity index (χ2v) is 4.78. The fraction of sp³-hybridized carbons (Fsp3) is 0.571. The average molecular weight is 249 g/mol. The van der Waals surface area contributed by atoms with Gasteiger partial charge in [0.2, 0.25) is 0 Å². The normalized spacial score (nSPS) is 23.0. The van der Waals surface area contributed by atoms with E-state index < -0.39 is 0 Å². The molecule has 0 spiro atoms. The Morgan fingerprint density at radius 1 is 1.50 bits per heavy atom. The molecule has 1 atom stereocenters. The summed E-state index contributed by atoms with van der Waals surface area (Å²) in [5.41, 5.74) is 0.757. The van der Waals surface area contributed by atoms with Crippen LogP contribution in [0, 0.1) is 5.92 Å². The lowest BCUT2D eigenvalue weighted by molar-refractivity contribution is -0.144. The van der Waals surface area contributed by atoms with Crippen LogP contribution in [0.5, 0.6) is 0 Å². The van der Waals surface area contributed by atoms with Gasteiger partial charge in [0, 0.05) is 19.3 Å². The number of rotatable bonds is 5. The molecule has 0 aromatic rings. The maximum absolute atomic E-state index is 11.6. The van der Waals surface area contributed by atoms with Crippen molar-refractivity contribution in [2.75, 3.05) is 19.7 Å². The summed E-state index contributed by atoms with van der Waals surface area (Å²) < 4.78 is 5.17. The predicted molar refractivity (Wildman–Crippen MR) is 68.0 cm³/mol. The molecule has 0 aromatic heterocycles. The summed E-state index contributed by atoms with van der Waals surface area (Å²) in [7, 11) is 0. The van der Waals surface area contributed by atoms with Crippen molar-refractivity contribution in [1.82, 2.24) is 5.32 Å². The first-order chi connectivity index (χ1) is 8.75. The SMILES string of the molecule is O=C(CC1CCNC1)OCCC1=CC=CCC1=O. The third-order valence-corrected chi connectivity index (χ3v) is 3.35. The Balaban J connectivity index is 1.65. The molecular weight excluding hydrogens is 230 g/mol.